The summed E-state index contributed by atoms with van der Waals surface area (Å²) in [5.41, 5.74) is 1.70. The number of thiazole rings is 1. The summed E-state index contributed by atoms with van der Waals surface area (Å²) in [5, 5.41) is 2.80. The second-order valence-corrected chi connectivity index (χ2v) is 5.42. The van der Waals surface area contributed by atoms with Gasteiger partial charge in [0.05, 0.1) is 0 Å². The predicted molar refractivity (Wildman–Crippen MR) is 65.2 cm³/mol. The number of rotatable bonds is 3. The molecule has 3 nitrogen and oxygen atoms in total. The highest BCUT2D eigenvalue weighted by atomic mass is 32.2. The lowest BCUT2D eigenvalue weighted by molar-refractivity contribution is 0.101. The second-order valence-electron chi connectivity index (χ2n) is 3.30. The number of nitrogens with zero attached hydrogens (tertiary/aromatic N) is 2. The molecule has 0 fully saturated rings. The lowest BCUT2D eigenvalue weighted by atomic mass is 10.2. The molecule has 0 radical (unpaired) electrons. The molecule has 2 aromatic heterocycles. The van der Waals surface area contributed by atoms with Gasteiger partial charge in [0, 0.05) is 22.8 Å². The van der Waals surface area contributed by atoms with Crippen LogP contribution in [0, 0.1) is 6.92 Å². The molecule has 82 valence electrons. The predicted octanol–water partition coefficient (Wildman–Crippen LogP) is 3.20. The van der Waals surface area contributed by atoms with Crippen molar-refractivity contribution in [1.82, 2.24) is 9.97 Å². The quantitative estimate of drug-likeness (QED) is 0.785. The molecule has 2 rings (SSSR count). The first-order valence-corrected chi connectivity index (χ1v) is 6.42. The summed E-state index contributed by atoms with van der Waals surface area (Å²) in [4.78, 5) is 19.7. The molecule has 0 aliphatic carbocycles. The normalized spacial score (nSPS) is 10.4. The SMILES string of the molecule is CC(=O)c1ccnc(Sc2nc(C)cs2)c1. The van der Waals surface area contributed by atoms with Gasteiger partial charge in [0.25, 0.3) is 0 Å². The van der Waals surface area contributed by atoms with E-state index in [1.807, 2.05) is 12.3 Å². The molecular weight excluding hydrogens is 240 g/mol. The average Bonchev–Trinajstić information content (AvgIpc) is 2.64. The van der Waals surface area contributed by atoms with Gasteiger partial charge in [-0.1, -0.05) is 0 Å². The van der Waals surface area contributed by atoms with Crippen LogP contribution in [0.2, 0.25) is 0 Å². The molecule has 0 saturated heterocycles. The van der Waals surface area contributed by atoms with Crippen molar-refractivity contribution in [3.8, 4) is 0 Å². The van der Waals surface area contributed by atoms with Gasteiger partial charge in [0.1, 0.15) is 5.03 Å². The summed E-state index contributed by atoms with van der Waals surface area (Å²) in [5.74, 6) is 0.0552. The number of pyridine rings is 1. The van der Waals surface area contributed by atoms with Crippen LogP contribution >= 0.6 is 23.1 Å². The number of hydrogen-bond acceptors (Lipinski definition) is 5. The molecule has 0 bridgehead atoms. The van der Waals surface area contributed by atoms with E-state index in [2.05, 4.69) is 9.97 Å². The minimum atomic E-state index is 0.0552. The van der Waals surface area contributed by atoms with Gasteiger partial charge in [0.15, 0.2) is 10.1 Å². The Balaban J connectivity index is 2.21. The van der Waals surface area contributed by atoms with Crippen molar-refractivity contribution >= 4 is 28.9 Å². The summed E-state index contributed by atoms with van der Waals surface area (Å²) in [7, 11) is 0. The van der Waals surface area contributed by atoms with Gasteiger partial charge in [-0.3, -0.25) is 4.79 Å². The number of aromatic nitrogens is 2. The van der Waals surface area contributed by atoms with Gasteiger partial charge in [-0.15, -0.1) is 11.3 Å². The van der Waals surface area contributed by atoms with Crippen molar-refractivity contribution < 1.29 is 4.79 Å². The summed E-state index contributed by atoms with van der Waals surface area (Å²) in [6, 6.07) is 3.52. The van der Waals surface area contributed by atoms with E-state index in [0.29, 0.717) is 5.56 Å². The zero-order valence-electron chi connectivity index (χ0n) is 8.93. The van der Waals surface area contributed by atoms with E-state index in [-0.39, 0.29) is 5.78 Å². The number of carbonyl (C=O) groups excluding carboxylic acids is 1. The smallest absolute Gasteiger partial charge is 0.159 e. The zero-order chi connectivity index (χ0) is 11.5. The molecule has 0 N–H and O–H groups in total. The molecule has 0 unspecified atom stereocenters. The first-order chi connectivity index (χ1) is 7.65. The average molecular weight is 250 g/mol. The largest absolute Gasteiger partial charge is 0.295 e. The summed E-state index contributed by atoms with van der Waals surface area (Å²) < 4.78 is 0.950. The third-order valence-corrected chi connectivity index (χ3v) is 3.92. The minimum absolute atomic E-state index is 0.0552. The first-order valence-electron chi connectivity index (χ1n) is 4.72. The van der Waals surface area contributed by atoms with Crippen LogP contribution in [0.4, 0.5) is 0 Å². The fourth-order valence-corrected chi connectivity index (χ4v) is 2.93. The lowest BCUT2D eigenvalue weighted by Gasteiger charge is -1.99. The molecule has 5 heteroatoms. The van der Waals surface area contributed by atoms with Gasteiger partial charge in [-0.05, 0) is 37.7 Å². The van der Waals surface area contributed by atoms with Crippen molar-refractivity contribution in [2.24, 2.45) is 0 Å². The maximum absolute atomic E-state index is 11.2. The highest BCUT2D eigenvalue weighted by Gasteiger charge is 2.05. The van der Waals surface area contributed by atoms with Gasteiger partial charge in [-0.25, -0.2) is 9.97 Å². The van der Waals surface area contributed by atoms with E-state index in [1.54, 1.807) is 36.6 Å². The Labute approximate surface area is 102 Å². The van der Waals surface area contributed by atoms with E-state index < -0.39 is 0 Å². The monoisotopic (exact) mass is 250 g/mol. The van der Waals surface area contributed by atoms with Crippen LogP contribution in [0.15, 0.2) is 33.1 Å². The van der Waals surface area contributed by atoms with Crippen LogP contribution in [0.5, 0.6) is 0 Å². The van der Waals surface area contributed by atoms with Crippen molar-refractivity contribution in [3.05, 3.63) is 35.0 Å². The maximum atomic E-state index is 11.2. The van der Waals surface area contributed by atoms with Gasteiger partial charge >= 0.3 is 0 Å². The van der Waals surface area contributed by atoms with Crippen LogP contribution in [0.25, 0.3) is 0 Å². The van der Waals surface area contributed by atoms with Crippen LogP contribution in [0.1, 0.15) is 23.0 Å². The van der Waals surface area contributed by atoms with Crippen LogP contribution < -0.4 is 0 Å². The van der Waals surface area contributed by atoms with Crippen molar-refractivity contribution in [1.29, 1.82) is 0 Å². The third-order valence-electron chi connectivity index (χ3n) is 1.93. The van der Waals surface area contributed by atoms with Crippen LogP contribution in [-0.2, 0) is 0 Å². The summed E-state index contributed by atoms with van der Waals surface area (Å²) in [6.45, 7) is 3.51. The van der Waals surface area contributed by atoms with Gasteiger partial charge < -0.3 is 0 Å². The number of hydrogen-bond donors (Lipinski definition) is 0. The van der Waals surface area contributed by atoms with Gasteiger partial charge in [0.2, 0.25) is 0 Å². The van der Waals surface area contributed by atoms with Crippen molar-refractivity contribution in [2.75, 3.05) is 0 Å². The Morgan fingerprint density at radius 2 is 2.31 bits per heavy atom. The Hall–Kier alpha value is -1.20. The Morgan fingerprint density at radius 3 is 2.94 bits per heavy atom. The molecule has 2 heterocycles. The summed E-state index contributed by atoms with van der Waals surface area (Å²) >= 11 is 3.07. The van der Waals surface area contributed by atoms with E-state index >= 15 is 0 Å². The molecule has 0 aliphatic rings. The van der Waals surface area contributed by atoms with Gasteiger partial charge in [-0.2, -0.15) is 0 Å². The third kappa shape index (κ3) is 2.68. The highest BCUT2D eigenvalue weighted by Crippen LogP contribution is 2.29. The molecule has 16 heavy (non-hydrogen) atoms. The van der Waals surface area contributed by atoms with Crippen molar-refractivity contribution in [3.63, 3.8) is 0 Å². The topological polar surface area (TPSA) is 42.9 Å². The number of ketones is 1. The molecule has 2 aromatic rings. The molecule has 0 aliphatic heterocycles. The number of aryl methyl sites for hydroxylation is 1. The van der Waals surface area contributed by atoms with E-state index in [9.17, 15) is 4.79 Å². The zero-order valence-corrected chi connectivity index (χ0v) is 10.6. The molecule has 0 atom stereocenters. The lowest BCUT2D eigenvalue weighted by Crippen LogP contribution is -1.92. The first kappa shape index (κ1) is 11.3. The standard InChI is InChI=1S/C11H10N2OS2/c1-7-6-15-11(13-7)16-10-5-9(8(2)14)3-4-12-10/h3-6H,1-2H3. The Morgan fingerprint density at radius 1 is 1.50 bits per heavy atom. The van der Waals surface area contributed by atoms with Crippen molar-refractivity contribution in [2.45, 2.75) is 23.2 Å². The fraction of sp³-hybridized carbons (Fsp3) is 0.182. The number of Topliss-reactive ketones (excluding diaryl/α,β-unsaturated/α-hetero) is 1. The van der Waals surface area contributed by atoms with E-state index in [1.165, 1.54) is 11.8 Å². The molecule has 0 aromatic carbocycles. The van der Waals surface area contributed by atoms with Crippen LogP contribution in [-0.4, -0.2) is 15.8 Å². The molecule has 0 saturated carbocycles. The highest BCUT2D eigenvalue weighted by molar-refractivity contribution is 8.01. The Kier molecular flexibility index (Phi) is 3.36. The summed E-state index contributed by atoms with van der Waals surface area (Å²) in [6.07, 6.45) is 1.65. The van der Waals surface area contributed by atoms with E-state index in [4.69, 9.17) is 0 Å². The maximum Gasteiger partial charge on any atom is 0.159 e. The Bertz CT molecular complexity index is 522. The van der Waals surface area contributed by atoms with E-state index in [0.717, 1.165) is 15.1 Å². The minimum Gasteiger partial charge on any atom is -0.295 e. The second kappa shape index (κ2) is 4.76. The molecule has 0 amide bonds. The number of carbonyl (C=O) groups is 1. The molecular formula is C11H10N2OS2. The fourth-order valence-electron chi connectivity index (χ4n) is 1.15. The molecule has 0 spiro atoms. The van der Waals surface area contributed by atoms with Crippen LogP contribution in [0.3, 0.4) is 0 Å².